The highest BCUT2D eigenvalue weighted by Gasteiger charge is 2.03. The average Bonchev–Trinajstić information content (AvgIpc) is 2.54. The Balaban J connectivity index is 4.60. The second-order valence-corrected chi connectivity index (χ2v) is 2.92. The molecule has 0 saturated carbocycles. The topological polar surface area (TPSA) is 26.3 Å². The van der Waals surface area contributed by atoms with Gasteiger partial charge in [-0.2, -0.15) is 0 Å². The predicted octanol–water partition coefficient (Wildman–Crippen LogP) is 0.914. The Morgan fingerprint density at radius 2 is 1.18 bits per heavy atom. The van der Waals surface area contributed by atoms with Crippen molar-refractivity contribution in [3.63, 3.8) is 0 Å². The Hall–Kier alpha value is -4.09. The molecule has 0 fully saturated rings. The monoisotopic (exact) mass is 280 g/mol. The standard InChI is InChI=1S/C20H8O2/c1-4-6-7-8-9-10-11-12-13-14-15-16-17-18-19(5-2)20(21)22-3/h2H2,1,3H3. The van der Waals surface area contributed by atoms with Gasteiger partial charge >= 0.3 is 5.97 Å². The maximum absolute atomic E-state index is 11.1. The van der Waals surface area contributed by atoms with E-state index in [0.29, 0.717) is 0 Å². The lowest BCUT2D eigenvalue weighted by atomic mass is 10.3. The molecule has 0 unspecified atom stereocenters. The first-order valence-corrected chi connectivity index (χ1v) is 5.67. The zero-order chi connectivity index (χ0) is 16.5. The van der Waals surface area contributed by atoms with Crippen molar-refractivity contribution < 1.29 is 9.53 Å². The maximum Gasteiger partial charge on any atom is 0.354 e. The predicted molar refractivity (Wildman–Crippen MR) is 84.8 cm³/mol. The van der Waals surface area contributed by atoms with Gasteiger partial charge in [-0.05, 0) is 83.9 Å². The van der Waals surface area contributed by atoms with Gasteiger partial charge in [0.05, 0.1) is 7.11 Å². The summed E-state index contributed by atoms with van der Waals surface area (Å²) >= 11 is 0. The second-order valence-electron chi connectivity index (χ2n) is 2.92. The molecule has 22 heavy (non-hydrogen) atoms. The third kappa shape index (κ3) is 9.89. The molecule has 0 aliphatic carbocycles. The molecule has 0 bridgehead atoms. The normalized spacial score (nSPS) is 5.18. The van der Waals surface area contributed by atoms with E-state index in [2.05, 4.69) is 99.9 Å². The minimum atomic E-state index is -0.618. The molecule has 0 aromatic carbocycles. The molecule has 0 amide bonds. The fourth-order valence-electron chi connectivity index (χ4n) is 0.738. The molecule has 0 N–H and O–H groups in total. The van der Waals surface area contributed by atoms with E-state index in [0.717, 1.165) is 0 Å². The molecule has 0 aliphatic rings. The zero-order valence-corrected chi connectivity index (χ0v) is 12.0. The fraction of sp³-hybridized carbons (Fsp3) is 0.100. The number of ether oxygens (including phenoxy) is 1. The third-order valence-corrected chi connectivity index (χ3v) is 1.57. The first-order chi connectivity index (χ1) is 10.8. The first-order valence-electron chi connectivity index (χ1n) is 5.67. The summed E-state index contributed by atoms with van der Waals surface area (Å²) in [5.41, 5.74) is 2.36. The van der Waals surface area contributed by atoms with Crippen molar-refractivity contribution in [2.24, 2.45) is 0 Å². The Bertz CT molecular complexity index is 921. The largest absolute Gasteiger partial charge is 0.464 e. The summed E-state index contributed by atoms with van der Waals surface area (Å²) in [6.07, 6.45) is 0. The highest BCUT2D eigenvalue weighted by atomic mass is 16.5. The molecular weight excluding hydrogens is 272 g/mol. The van der Waals surface area contributed by atoms with Crippen molar-refractivity contribution in [1.82, 2.24) is 0 Å². The number of carbonyl (C=O) groups is 1. The van der Waals surface area contributed by atoms with E-state index < -0.39 is 5.97 Å². The summed E-state index contributed by atoms with van der Waals surface area (Å²) in [6.45, 7) is 5.01. The first kappa shape index (κ1) is 17.9. The highest BCUT2D eigenvalue weighted by Crippen LogP contribution is 1.90. The third-order valence-electron chi connectivity index (χ3n) is 1.57. The molecular formula is C20H8O2. The van der Waals surface area contributed by atoms with Gasteiger partial charge in [0.1, 0.15) is 0 Å². The molecule has 0 radical (unpaired) electrons. The Morgan fingerprint density at radius 3 is 1.55 bits per heavy atom. The Labute approximate surface area is 131 Å². The van der Waals surface area contributed by atoms with Crippen molar-refractivity contribution in [1.29, 1.82) is 0 Å². The number of methoxy groups -OCH3 is 1. The van der Waals surface area contributed by atoms with Crippen LogP contribution in [0.3, 0.4) is 0 Å². The molecule has 0 aromatic rings. The minimum absolute atomic E-state index is 0.00805. The van der Waals surface area contributed by atoms with Crippen molar-refractivity contribution >= 4 is 5.97 Å². The lowest BCUT2D eigenvalue weighted by Gasteiger charge is -1.91. The summed E-state index contributed by atoms with van der Waals surface area (Å²) in [6, 6.07) is 0. The van der Waals surface area contributed by atoms with Gasteiger partial charge in [0.2, 0.25) is 0 Å². The van der Waals surface area contributed by atoms with Gasteiger partial charge in [-0.3, -0.25) is 0 Å². The SMILES string of the molecule is C=C=C(C#CC#CC#CC#CC#CC#CC#CC)C(=O)OC. The van der Waals surface area contributed by atoms with Crippen molar-refractivity contribution in [3.8, 4) is 82.9 Å². The van der Waals surface area contributed by atoms with Crippen molar-refractivity contribution in [2.75, 3.05) is 7.11 Å². The summed E-state index contributed by atoms with van der Waals surface area (Å²) in [4.78, 5) is 11.1. The van der Waals surface area contributed by atoms with Crippen LogP contribution in [0.1, 0.15) is 6.92 Å². The van der Waals surface area contributed by atoms with E-state index >= 15 is 0 Å². The van der Waals surface area contributed by atoms with E-state index in [1.54, 1.807) is 6.92 Å². The van der Waals surface area contributed by atoms with Crippen LogP contribution in [0.15, 0.2) is 17.9 Å². The molecule has 2 nitrogen and oxygen atoms in total. The van der Waals surface area contributed by atoms with E-state index in [1.807, 2.05) is 0 Å². The number of carbonyl (C=O) groups excluding carboxylic acids is 1. The van der Waals surface area contributed by atoms with Crippen LogP contribution < -0.4 is 0 Å². The van der Waals surface area contributed by atoms with Crippen LogP contribution in [0.2, 0.25) is 0 Å². The van der Waals surface area contributed by atoms with E-state index in [-0.39, 0.29) is 5.57 Å². The van der Waals surface area contributed by atoms with Gasteiger partial charge in [0, 0.05) is 0 Å². The van der Waals surface area contributed by atoms with Gasteiger partial charge in [0.25, 0.3) is 0 Å². The molecule has 0 spiro atoms. The summed E-state index contributed by atoms with van der Waals surface area (Å²) in [7, 11) is 1.24. The van der Waals surface area contributed by atoms with Crippen LogP contribution in [-0.2, 0) is 9.53 Å². The van der Waals surface area contributed by atoms with Crippen LogP contribution >= 0.6 is 0 Å². The molecule has 2 heteroatoms. The quantitative estimate of drug-likeness (QED) is 0.309. The average molecular weight is 280 g/mol. The zero-order valence-electron chi connectivity index (χ0n) is 12.0. The Morgan fingerprint density at radius 1 is 0.773 bits per heavy atom. The van der Waals surface area contributed by atoms with Crippen LogP contribution in [0.5, 0.6) is 0 Å². The van der Waals surface area contributed by atoms with Crippen LogP contribution in [0.4, 0.5) is 0 Å². The minimum Gasteiger partial charge on any atom is -0.464 e. The summed E-state index contributed by atoms with van der Waals surface area (Å²) in [5.74, 6) is 34.2. The van der Waals surface area contributed by atoms with Gasteiger partial charge < -0.3 is 4.74 Å². The molecule has 0 saturated heterocycles. The highest BCUT2D eigenvalue weighted by molar-refractivity contribution is 5.93. The van der Waals surface area contributed by atoms with E-state index in [1.165, 1.54) is 7.11 Å². The summed E-state index contributed by atoms with van der Waals surface area (Å²) in [5, 5.41) is 0. The van der Waals surface area contributed by atoms with Gasteiger partial charge in [-0.1, -0.05) is 12.5 Å². The number of rotatable bonds is 1. The second kappa shape index (κ2) is 13.3. The van der Waals surface area contributed by atoms with E-state index in [9.17, 15) is 4.79 Å². The van der Waals surface area contributed by atoms with Crippen molar-refractivity contribution in [2.45, 2.75) is 6.92 Å². The number of hydrogen-bond donors (Lipinski definition) is 0. The van der Waals surface area contributed by atoms with Crippen molar-refractivity contribution in [3.05, 3.63) is 17.9 Å². The lowest BCUT2D eigenvalue weighted by molar-refractivity contribution is -0.135. The molecule has 0 atom stereocenters. The van der Waals surface area contributed by atoms with Crippen LogP contribution in [-0.4, -0.2) is 13.1 Å². The molecule has 0 aliphatic heterocycles. The molecule has 100 valence electrons. The molecule has 0 heterocycles. The van der Waals surface area contributed by atoms with Gasteiger partial charge in [-0.15, -0.1) is 5.73 Å². The smallest absolute Gasteiger partial charge is 0.354 e. The fourth-order valence-corrected chi connectivity index (χ4v) is 0.738. The van der Waals surface area contributed by atoms with Crippen LogP contribution in [0.25, 0.3) is 0 Å². The van der Waals surface area contributed by atoms with Gasteiger partial charge in [0.15, 0.2) is 5.57 Å². The van der Waals surface area contributed by atoms with Gasteiger partial charge in [-0.25, -0.2) is 4.79 Å². The number of hydrogen-bond acceptors (Lipinski definition) is 2. The van der Waals surface area contributed by atoms with E-state index in [4.69, 9.17) is 0 Å². The lowest BCUT2D eigenvalue weighted by Crippen LogP contribution is -2.01. The van der Waals surface area contributed by atoms with Crippen LogP contribution in [0, 0.1) is 82.9 Å². The molecule has 0 aromatic heterocycles. The summed E-state index contributed by atoms with van der Waals surface area (Å²) < 4.78 is 4.46. The molecule has 0 rings (SSSR count). The maximum atomic E-state index is 11.1. The Kier molecular flexibility index (Phi) is 10.9. The number of esters is 1.